The van der Waals surface area contributed by atoms with Crippen molar-refractivity contribution in [3.63, 3.8) is 0 Å². The molecule has 0 aliphatic carbocycles. The Morgan fingerprint density at radius 1 is 1.41 bits per heavy atom. The van der Waals surface area contributed by atoms with Gasteiger partial charge in [-0.2, -0.15) is 0 Å². The van der Waals surface area contributed by atoms with E-state index in [-0.39, 0.29) is 12.0 Å². The minimum atomic E-state index is -0.776. The number of Topliss-reactive ketones (excluding diaryl/α,β-unsaturated/α-hetero) is 1. The van der Waals surface area contributed by atoms with Gasteiger partial charge in [0.25, 0.3) is 0 Å². The van der Waals surface area contributed by atoms with E-state index in [1.165, 1.54) is 12.3 Å². The Labute approximate surface area is 107 Å². The fourth-order valence-corrected chi connectivity index (χ4v) is 1.56. The number of ether oxygens (including phenoxy) is 1. The van der Waals surface area contributed by atoms with Gasteiger partial charge >= 0.3 is 6.09 Å². The number of hydrogen-bond donors (Lipinski definition) is 0. The Bertz CT molecular complexity index is 470. The second-order valence-electron chi connectivity index (χ2n) is 4.38. The van der Waals surface area contributed by atoms with E-state index in [0.717, 1.165) is 4.57 Å². The summed E-state index contributed by atoms with van der Waals surface area (Å²) in [5.41, 5.74) is -0.698. The molecule has 1 aromatic rings. The Hall–Kier alpha value is -1.43. The highest BCUT2D eigenvalue weighted by Crippen LogP contribution is 2.17. The lowest BCUT2D eigenvalue weighted by molar-refractivity contribution is -0.104. The molecule has 0 fully saturated rings. The van der Waals surface area contributed by atoms with Gasteiger partial charge in [-0.3, -0.25) is 9.59 Å². The highest BCUT2D eigenvalue weighted by Gasteiger charge is 2.22. The normalized spacial score (nSPS) is 11.1. The topological polar surface area (TPSA) is 65.4 Å². The summed E-state index contributed by atoms with van der Waals surface area (Å²) < 4.78 is 6.64. The van der Waals surface area contributed by atoms with E-state index >= 15 is 0 Å². The van der Waals surface area contributed by atoms with Crippen molar-refractivity contribution in [1.82, 2.24) is 4.57 Å². The van der Waals surface area contributed by atoms with Crippen LogP contribution in [0.15, 0.2) is 16.7 Å². The summed E-state index contributed by atoms with van der Waals surface area (Å²) in [6, 6.07) is 1.39. The van der Waals surface area contributed by atoms with Gasteiger partial charge in [-0.25, -0.2) is 9.36 Å². The quantitative estimate of drug-likeness (QED) is 0.478. The Morgan fingerprint density at radius 2 is 2.00 bits per heavy atom. The van der Waals surface area contributed by atoms with Gasteiger partial charge in [0.1, 0.15) is 11.3 Å². The van der Waals surface area contributed by atoms with Gasteiger partial charge in [-0.1, -0.05) is 0 Å². The lowest BCUT2D eigenvalue weighted by atomic mass is 10.2. The number of nitrogens with zero attached hydrogens (tertiary/aromatic N) is 1. The summed E-state index contributed by atoms with van der Waals surface area (Å²) in [5, 5.41) is 0. The summed E-state index contributed by atoms with van der Waals surface area (Å²) in [4.78, 5) is 33.5. The lowest BCUT2D eigenvalue weighted by Gasteiger charge is -2.19. The van der Waals surface area contributed by atoms with E-state index in [1.807, 2.05) is 0 Å². The van der Waals surface area contributed by atoms with Crippen LogP contribution in [0, 0.1) is 0 Å². The molecule has 1 aromatic heterocycles. The molecule has 0 amide bonds. The molecule has 1 heterocycles. The molecule has 0 aliphatic heterocycles. The zero-order valence-corrected chi connectivity index (χ0v) is 11.3. The number of rotatable bonds is 2. The van der Waals surface area contributed by atoms with Crippen molar-refractivity contribution in [2.75, 3.05) is 0 Å². The summed E-state index contributed by atoms with van der Waals surface area (Å²) in [6.07, 6.45) is 0.835. The van der Waals surface area contributed by atoms with Crippen LogP contribution in [0.25, 0.3) is 0 Å². The number of halogens is 1. The molecule has 5 nitrogen and oxygen atoms in total. The Balaban J connectivity index is 3.09. The highest BCUT2D eigenvalue weighted by molar-refractivity contribution is 9.10. The molecular weight excluding hydrogens is 290 g/mol. The van der Waals surface area contributed by atoms with Gasteiger partial charge in [0, 0.05) is 10.7 Å². The van der Waals surface area contributed by atoms with Crippen molar-refractivity contribution in [1.29, 1.82) is 0 Å². The smallest absolute Gasteiger partial charge is 0.419 e. The molecule has 0 atom stereocenters. The largest absolute Gasteiger partial charge is 0.443 e. The molecule has 17 heavy (non-hydrogen) atoms. The third-order valence-corrected chi connectivity index (χ3v) is 2.17. The SMILES string of the molecule is CC(C)(C)OC(=O)n1cc(Br)cc1C(=O)C=O. The summed E-state index contributed by atoms with van der Waals surface area (Å²) in [7, 11) is 0. The molecule has 92 valence electrons. The van der Waals surface area contributed by atoms with E-state index in [2.05, 4.69) is 15.9 Å². The third-order valence-electron chi connectivity index (χ3n) is 1.74. The van der Waals surface area contributed by atoms with Crippen LogP contribution in [0.2, 0.25) is 0 Å². The van der Waals surface area contributed by atoms with Crippen LogP contribution in [0.5, 0.6) is 0 Å². The van der Waals surface area contributed by atoms with Gasteiger partial charge in [0.2, 0.25) is 5.78 Å². The van der Waals surface area contributed by atoms with E-state index in [0.29, 0.717) is 4.47 Å². The fraction of sp³-hybridized carbons (Fsp3) is 0.364. The molecule has 1 rings (SSSR count). The Morgan fingerprint density at radius 3 is 2.47 bits per heavy atom. The summed E-state index contributed by atoms with van der Waals surface area (Å²) in [6.45, 7) is 5.14. The van der Waals surface area contributed by atoms with Crippen LogP contribution >= 0.6 is 15.9 Å². The second kappa shape index (κ2) is 4.83. The van der Waals surface area contributed by atoms with Crippen molar-refractivity contribution in [3.05, 3.63) is 22.4 Å². The van der Waals surface area contributed by atoms with Gasteiger partial charge in [-0.15, -0.1) is 0 Å². The molecular formula is C11H12BrNO4. The molecule has 0 radical (unpaired) electrons. The molecule has 0 N–H and O–H groups in total. The number of aromatic nitrogens is 1. The molecule has 0 aliphatic rings. The van der Waals surface area contributed by atoms with E-state index in [4.69, 9.17) is 4.74 Å². The minimum Gasteiger partial charge on any atom is -0.443 e. The molecule has 6 heteroatoms. The molecule has 0 spiro atoms. The number of carbonyl (C=O) groups excluding carboxylic acids is 3. The fourth-order valence-electron chi connectivity index (χ4n) is 1.14. The number of ketones is 1. The maximum Gasteiger partial charge on any atom is 0.419 e. The predicted octanol–water partition coefficient (Wildman–Crippen LogP) is 2.42. The van der Waals surface area contributed by atoms with E-state index < -0.39 is 17.5 Å². The summed E-state index contributed by atoms with van der Waals surface area (Å²) >= 11 is 3.13. The summed E-state index contributed by atoms with van der Waals surface area (Å²) in [5.74, 6) is -0.776. The first-order valence-corrected chi connectivity index (χ1v) is 5.64. The van der Waals surface area contributed by atoms with Crippen LogP contribution in [-0.2, 0) is 9.53 Å². The number of hydrogen-bond acceptors (Lipinski definition) is 4. The van der Waals surface area contributed by atoms with Gasteiger partial charge in [-0.05, 0) is 42.8 Å². The zero-order valence-electron chi connectivity index (χ0n) is 9.69. The van der Waals surface area contributed by atoms with Crippen molar-refractivity contribution in [2.24, 2.45) is 0 Å². The predicted molar refractivity (Wildman–Crippen MR) is 64.2 cm³/mol. The monoisotopic (exact) mass is 301 g/mol. The average molecular weight is 302 g/mol. The number of carbonyl (C=O) groups is 3. The maximum atomic E-state index is 11.8. The third kappa shape index (κ3) is 3.52. The van der Waals surface area contributed by atoms with Crippen LogP contribution in [0.4, 0.5) is 4.79 Å². The first-order valence-electron chi connectivity index (χ1n) is 4.85. The molecule has 0 bridgehead atoms. The Kier molecular flexibility index (Phi) is 3.87. The standard InChI is InChI=1S/C11H12BrNO4/c1-11(2,3)17-10(16)13-5-7(12)4-8(13)9(15)6-14/h4-6H,1-3H3. The van der Waals surface area contributed by atoms with Crippen LogP contribution in [0.1, 0.15) is 31.3 Å². The molecule has 0 aromatic carbocycles. The molecule has 0 unspecified atom stereocenters. The van der Waals surface area contributed by atoms with Gasteiger partial charge < -0.3 is 4.74 Å². The molecule has 0 saturated carbocycles. The van der Waals surface area contributed by atoms with E-state index in [1.54, 1.807) is 20.8 Å². The maximum absolute atomic E-state index is 11.8. The van der Waals surface area contributed by atoms with Gasteiger partial charge in [0.05, 0.1) is 0 Å². The zero-order chi connectivity index (χ0) is 13.2. The van der Waals surface area contributed by atoms with Crippen LogP contribution in [-0.4, -0.2) is 28.3 Å². The molecule has 0 saturated heterocycles. The van der Waals surface area contributed by atoms with Crippen molar-refractivity contribution >= 4 is 34.1 Å². The second-order valence-corrected chi connectivity index (χ2v) is 5.29. The van der Waals surface area contributed by atoms with Crippen molar-refractivity contribution < 1.29 is 19.1 Å². The minimum absolute atomic E-state index is 0.0267. The highest BCUT2D eigenvalue weighted by atomic mass is 79.9. The van der Waals surface area contributed by atoms with Gasteiger partial charge in [0.15, 0.2) is 6.29 Å². The number of aldehydes is 1. The van der Waals surface area contributed by atoms with Crippen molar-refractivity contribution in [3.8, 4) is 0 Å². The first-order chi connectivity index (χ1) is 7.74. The van der Waals surface area contributed by atoms with E-state index in [9.17, 15) is 14.4 Å². The van der Waals surface area contributed by atoms with Crippen LogP contribution in [0.3, 0.4) is 0 Å². The first kappa shape index (κ1) is 13.6. The van der Waals surface area contributed by atoms with Crippen LogP contribution < -0.4 is 0 Å². The average Bonchev–Trinajstić information content (AvgIpc) is 2.56. The van der Waals surface area contributed by atoms with Crippen molar-refractivity contribution in [2.45, 2.75) is 26.4 Å². The lowest BCUT2D eigenvalue weighted by Crippen LogP contribution is -2.28.